The van der Waals surface area contributed by atoms with Crippen molar-refractivity contribution in [2.45, 2.75) is 57.4 Å². The highest BCUT2D eigenvalue weighted by atomic mass is 16.5. The smallest absolute Gasteiger partial charge is 0.278 e. The van der Waals surface area contributed by atoms with E-state index in [-0.39, 0.29) is 0 Å². The predicted octanol–water partition coefficient (Wildman–Crippen LogP) is 3.31. The van der Waals surface area contributed by atoms with Gasteiger partial charge in [-0.3, -0.25) is 0 Å². The van der Waals surface area contributed by atoms with Crippen molar-refractivity contribution in [2.75, 3.05) is 0 Å². The minimum atomic E-state index is -0.413. The molecule has 1 fully saturated rings. The summed E-state index contributed by atoms with van der Waals surface area (Å²) in [6.45, 7) is 2.16. The molecule has 134 valence electrons. The summed E-state index contributed by atoms with van der Waals surface area (Å²) < 4.78 is 7.61. The van der Waals surface area contributed by atoms with E-state index in [0.717, 1.165) is 56.3 Å². The molecule has 2 heterocycles. The van der Waals surface area contributed by atoms with Crippen molar-refractivity contribution in [1.29, 1.82) is 0 Å². The van der Waals surface area contributed by atoms with Gasteiger partial charge in [0.25, 0.3) is 5.89 Å². The van der Waals surface area contributed by atoms with Crippen LogP contribution in [-0.4, -0.2) is 19.9 Å². The fourth-order valence-corrected chi connectivity index (χ4v) is 4.00. The summed E-state index contributed by atoms with van der Waals surface area (Å²) >= 11 is 0. The second-order valence-electron chi connectivity index (χ2n) is 7.49. The normalized spacial score (nSPS) is 17.9. The minimum absolute atomic E-state index is 0.413. The molecule has 2 aromatic heterocycles. The predicted molar refractivity (Wildman–Crippen MR) is 98.0 cm³/mol. The topological polar surface area (TPSA) is 82.8 Å². The van der Waals surface area contributed by atoms with Crippen molar-refractivity contribution in [1.82, 2.24) is 19.9 Å². The van der Waals surface area contributed by atoms with Crippen LogP contribution in [0.25, 0.3) is 17.3 Å². The van der Waals surface area contributed by atoms with Crippen molar-refractivity contribution >= 4 is 0 Å². The Kier molecular flexibility index (Phi) is 3.50. The first-order valence-electron chi connectivity index (χ1n) is 9.51. The zero-order chi connectivity index (χ0) is 17.7. The largest absolute Gasteiger partial charge is 0.332 e. The lowest BCUT2D eigenvalue weighted by atomic mass is 9.77. The Morgan fingerprint density at radius 3 is 2.65 bits per heavy atom. The molecule has 0 spiro atoms. The highest BCUT2D eigenvalue weighted by Gasteiger charge is 2.39. The standard InChI is InChI=1S/C20H23N5O/c1-2-13-7-9-14(10-8-13)25-16-6-3-5-15(16)17(23-25)18-22-19(24-26-18)20(21)11-4-12-20/h7-10H,2-6,11-12,21H2,1H3. The second kappa shape index (κ2) is 5.77. The fourth-order valence-electron chi connectivity index (χ4n) is 4.00. The Morgan fingerprint density at radius 1 is 1.15 bits per heavy atom. The molecule has 6 heteroatoms. The van der Waals surface area contributed by atoms with Crippen LogP contribution in [0.5, 0.6) is 0 Å². The van der Waals surface area contributed by atoms with Gasteiger partial charge in [0.15, 0.2) is 11.5 Å². The summed E-state index contributed by atoms with van der Waals surface area (Å²) in [7, 11) is 0. The first-order valence-corrected chi connectivity index (χ1v) is 9.51. The van der Waals surface area contributed by atoms with Crippen LogP contribution in [0.2, 0.25) is 0 Å². The molecule has 1 aromatic carbocycles. The van der Waals surface area contributed by atoms with Crippen LogP contribution in [0.4, 0.5) is 0 Å². The molecule has 0 bridgehead atoms. The first kappa shape index (κ1) is 15.8. The number of nitrogens with two attached hydrogens (primary N) is 1. The summed E-state index contributed by atoms with van der Waals surface area (Å²) in [6, 6.07) is 8.60. The quantitative estimate of drug-likeness (QED) is 0.781. The molecular weight excluding hydrogens is 326 g/mol. The molecule has 2 N–H and O–H groups in total. The average Bonchev–Trinajstić information content (AvgIpc) is 3.36. The lowest BCUT2D eigenvalue weighted by Gasteiger charge is -2.34. The Labute approximate surface area is 152 Å². The van der Waals surface area contributed by atoms with Crippen molar-refractivity contribution in [3.8, 4) is 17.3 Å². The number of aromatic nitrogens is 4. The number of hydrogen-bond donors (Lipinski definition) is 1. The van der Waals surface area contributed by atoms with Crippen LogP contribution in [0.1, 0.15) is 55.3 Å². The van der Waals surface area contributed by atoms with Gasteiger partial charge in [0.1, 0.15) is 0 Å². The van der Waals surface area contributed by atoms with Crippen LogP contribution < -0.4 is 5.73 Å². The number of hydrogen-bond acceptors (Lipinski definition) is 5. The van der Waals surface area contributed by atoms with Gasteiger partial charge in [-0.15, -0.1) is 0 Å². The highest BCUT2D eigenvalue weighted by Crippen LogP contribution is 2.39. The number of nitrogens with zero attached hydrogens (tertiary/aromatic N) is 4. The van der Waals surface area contributed by atoms with Gasteiger partial charge in [0.05, 0.1) is 11.2 Å². The summed E-state index contributed by atoms with van der Waals surface area (Å²) in [4.78, 5) is 4.61. The minimum Gasteiger partial charge on any atom is -0.332 e. The van der Waals surface area contributed by atoms with E-state index in [1.165, 1.54) is 16.8 Å². The molecule has 26 heavy (non-hydrogen) atoms. The highest BCUT2D eigenvalue weighted by molar-refractivity contribution is 5.58. The van der Waals surface area contributed by atoms with Crippen LogP contribution in [-0.2, 0) is 24.8 Å². The summed E-state index contributed by atoms with van der Waals surface area (Å²) in [5.74, 6) is 1.12. The molecule has 0 amide bonds. The maximum Gasteiger partial charge on any atom is 0.278 e. The van der Waals surface area contributed by atoms with Gasteiger partial charge in [-0.1, -0.05) is 24.2 Å². The van der Waals surface area contributed by atoms with E-state index in [9.17, 15) is 0 Å². The molecule has 0 saturated heterocycles. The Balaban J connectivity index is 1.56. The third-order valence-corrected chi connectivity index (χ3v) is 5.84. The maximum atomic E-state index is 6.34. The van der Waals surface area contributed by atoms with Crippen LogP contribution in [0.3, 0.4) is 0 Å². The average molecular weight is 349 g/mol. The van der Waals surface area contributed by atoms with Gasteiger partial charge in [0, 0.05) is 11.3 Å². The van der Waals surface area contributed by atoms with E-state index in [2.05, 4.69) is 41.3 Å². The molecular formula is C20H23N5O. The van der Waals surface area contributed by atoms with E-state index < -0.39 is 5.54 Å². The molecule has 0 atom stereocenters. The van der Waals surface area contributed by atoms with Crippen molar-refractivity contribution in [3.05, 3.63) is 46.9 Å². The first-order chi connectivity index (χ1) is 12.7. The van der Waals surface area contributed by atoms with Gasteiger partial charge in [0.2, 0.25) is 0 Å². The zero-order valence-electron chi connectivity index (χ0n) is 15.0. The van der Waals surface area contributed by atoms with Crippen molar-refractivity contribution in [3.63, 3.8) is 0 Å². The van der Waals surface area contributed by atoms with E-state index in [4.69, 9.17) is 15.4 Å². The molecule has 2 aliphatic carbocycles. The molecule has 3 aromatic rings. The van der Waals surface area contributed by atoms with E-state index in [1.807, 2.05) is 4.68 Å². The molecule has 0 unspecified atom stereocenters. The molecule has 5 rings (SSSR count). The van der Waals surface area contributed by atoms with Crippen LogP contribution >= 0.6 is 0 Å². The molecule has 2 aliphatic rings. The number of fused-ring (bicyclic) bond motifs is 1. The third kappa shape index (κ3) is 2.32. The van der Waals surface area contributed by atoms with Crippen LogP contribution in [0, 0.1) is 0 Å². The van der Waals surface area contributed by atoms with Gasteiger partial charge in [-0.05, 0) is 62.6 Å². The SMILES string of the molecule is CCc1ccc(-n2nc(-c3nc(C4(N)CCC4)no3)c3c2CCC3)cc1. The Bertz CT molecular complexity index is 949. The van der Waals surface area contributed by atoms with Gasteiger partial charge in [-0.25, -0.2) is 4.68 Å². The van der Waals surface area contributed by atoms with E-state index in [0.29, 0.717) is 11.7 Å². The molecule has 0 aliphatic heterocycles. The second-order valence-corrected chi connectivity index (χ2v) is 7.49. The fraction of sp³-hybridized carbons (Fsp3) is 0.450. The lowest BCUT2D eigenvalue weighted by Crippen LogP contribution is -2.44. The summed E-state index contributed by atoms with van der Waals surface area (Å²) in [6.07, 6.45) is 7.16. The number of aryl methyl sites for hydroxylation is 1. The Morgan fingerprint density at radius 2 is 1.96 bits per heavy atom. The summed E-state index contributed by atoms with van der Waals surface area (Å²) in [5.41, 5.74) is 11.7. The number of rotatable bonds is 4. The Hall–Kier alpha value is -2.47. The van der Waals surface area contributed by atoms with Gasteiger partial charge in [-0.2, -0.15) is 10.1 Å². The third-order valence-electron chi connectivity index (χ3n) is 5.84. The summed E-state index contributed by atoms with van der Waals surface area (Å²) in [5, 5.41) is 9.00. The van der Waals surface area contributed by atoms with E-state index in [1.54, 1.807) is 0 Å². The van der Waals surface area contributed by atoms with Gasteiger partial charge >= 0.3 is 0 Å². The molecule has 0 radical (unpaired) electrons. The lowest BCUT2D eigenvalue weighted by molar-refractivity contribution is 0.229. The van der Waals surface area contributed by atoms with Crippen LogP contribution in [0.15, 0.2) is 28.8 Å². The zero-order valence-corrected chi connectivity index (χ0v) is 15.0. The van der Waals surface area contributed by atoms with Crippen molar-refractivity contribution in [2.24, 2.45) is 5.73 Å². The molecule has 6 nitrogen and oxygen atoms in total. The monoisotopic (exact) mass is 349 g/mol. The van der Waals surface area contributed by atoms with E-state index >= 15 is 0 Å². The molecule has 1 saturated carbocycles. The van der Waals surface area contributed by atoms with Crippen molar-refractivity contribution < 1.29 is 4.52 Å². The number of benzene rings is 1. The maximum absolute atomic E-state index is 6.34. The van der Waals surface area contributed by atoms with Gasteiger partial charge < -0.3 is 10.3 Å².